The van der Waals surface area contributed by atoms with Crippen LogP contribution in [0.4, 0.5) is 0 Å². The maximum absolute atomic E-state index is 11.7. The van der Waals surface area contributed by atoms with Crippen LogP contribution in [-0.2, 0) is 14.4 Å². The molecule has 5 nitrogen and oxygen atoms in total. The summed E-state index contributed by atoms with van der Waals surface area (Å²) in [5.41, 5.74) is 0.191. The first-order valence-corrected chi connectivity index (χ1v) is 4.76. The zero-order valence-electron chi connectivity index (χ0n) is 9.03. The van der Waals surface area contributed by atoms with Crippen LogP contribution in [0.25, 0.3) is 0 Å². The summed E-state index contributed by atoms with van der Waals surface area (Å²) in [4.78, 5) is 34.9. The fraction of sp³-hybridized carbons (Fsp3) is 0.500. The van der Waals surface area contributed by atoms with E-state index in [4.69, 9.17) is 0 Å². The van der Waals surface area contributed by atoms with Crippen LogP contribution in [-0.4, -0.2) is 29.2 Å². The van der Waals surface area contributed by atoms with E-state index in [9.17, 15) is 14.4 Å². The smallest absolute Gasteiger partial charge is 0.277 e. The van der Waals surface area contributed by atoms with Gasteiger partial charge in [0.1, 0.15) is 12.2 Å². The molecule has 1 fully saturated rings. The molecule has 0 aromatic rings. The number of allylic oxidation sites excluding steroid dienone is 1. The summed E-state index contributed by atoms with van der Waals surface area (Å²) in [6.45, 7) is 4.85. The van der Waals surface area contributed by atoms with Crippen molar-refractivity contribution < 1.29 is 14.4 Å². The molecule has 1 saturated heterocycles. The summed E-state index contributed by atoms with van der Waals surface area (Å²) >= 11 is 0. The predicted molar refractivity (Wildman–Crippen MR) is 53.5 cm³/mol. The van der Waals surface area contributed by atoms with Gasteiger partial charge in [-0.05, 0) is 5.92 Å². The van der Waals surface area contributed by atoms with Gasteiger partial charge in [-0.15, -0.1) is 0 Å². The van der Waals surface area contributed by atoms with E-state index in [-0.39, 0.29) is 24.1 Å². The summed E-state index contributed by atoms with van der Waals surface area (Å²) in [5.74, 6) is -1.05. The minimum absolute atomic E-state index is 0.135. The molecule has 0 radical (unpaired) electrons. The lowest BCUT2D eigenvalue weighted by Crippen LogP contribution is -2.51. The average Bonchev–Trinajstić information content (AvgIpc) is 2.09. The van der Waals surface area contributed by atoms with Gasteiger partial charge in [-0.25, -0.2) is 0 Å². The Morgan fingerprint density at radius 3 is 2.53 bits per heavy atom. The van der Waals surface area contributed by atoms with Crippen LogP contribution < -0.4 is 5.32 Å². The number of piperazine rings is 1. The molecule has 0 spiro atoms. The molecule has 0 atom stereocenters. The van der Waals surface area contributed by atoms with Crippen LogP contribution in [0.15, 0.2) is 11.8 Å². The van der Waals surface area contributed by atoms with E-state index in [1.807, 2.05) is 13.8 Å². The Morgan fingerprint density at radius 1 is 1.47 bits per heavy atom. The SMILES string of the molecule is CC(=O)N1CC(=O)N/C(=C\C(C)C)C1=O. The van der Waals surface area contributed by atoms with Crippen LogP contribution in [0.3, 0.4) is 0 Å². The molecular weight excluding hydrogens is 196 g/mol. The van der Waals surface area contributed by atoms with Gasteiger partial charge in [-0.2, -0.15) is 0 Å². The van der Waals surface area contributed by atoms with Gasteiger partial charge in [0.25, 0.3) is 5.91 Å². The van der Waals surface area contributed by atoms with E-state index >= 15 is 0 Å². The number of carbonyl (C=O) groups excluding carboxylic acids is 3. The van der Waals surface area contributed by atoms with Crippen molar-refractivity contribution in [3.63, 3.8) is 0 Å². The average molecular weight is 210 g/mol. The maximum atomic E-state index is 11.7. The highest BCUT2D eigenvalue weighted by Crippen LogP contribution is 2.09. The lowest BCUT2D eigenvalue weighted by atomic mass is 10.1. The highest BCUT2D eigenvalue weighted by molar-refractivity contribution is 6.10. The Labute approximate surface area is 88.1 Å². The Morgan fingerprint density at radius 2 is 2.07 bits per heavy atom. The molecule has 82 valence electrons. The Balaban J connectivity index is 2.96. The molecule has 1 aliphatic rings. The number of nitrogens with one attached hydrogen (secondary N) is 1. The summed E-state index contributed by atoms with van der Waals surface area (Å²) in [5, 5.41) is 2.46. The third kappa shape index (κ3) is 2.65. The molecule has 15 heavy (non-hydrogen) atoms. The third-order valence-electron chi connectivity index (χ3n) is 1.93. The molecule has 3 amide bonds. The highest BCUT2D eigenvalue weighted by Gasteiger charge is 2.30. The Kier molecular flexibility index (Phi) is 3.24. The summed E-state index contributed by atoms with van der Waals surface area (Å²) < 4.78 is 0. The van der Waals surface area contributed by atoms with Crippen molar-refractivity contribution in [3.05, 3.63) is 11.8 Å². The molecule has 1 N–H and O–H groups in total. The van der Waals surface area contributed by atoms with Crippen molar-refractivity contribution in [2.75, 3.05) is 6.54 Å². The van der Waals surface area contributed by atoms with Crippen LogP contribution >= 0.6 is 0 Å². The molecule has 5 heteroatoms. The molecule has 1 heterocycles. The monoisotopic (exact) mass is 210 g/mol. The van der Waals surface area contributed by atoms with Crippen LogP contribution in [0.2, 0.25) is 0 Å². The molecule has 0 unspecified atom stereocenters. The Bertz CT molecular complexity index is 345. The lowest BCUT2D eigenvalue weighted by Gasteiger charge is -2.25. The van der Waals surface area contributed by atoms with Crippen LogP contribution in [0, 0.1) is 5.92 Å². The van der Waals surface area contributed by atoms with Gasteiger partial charge < -0.3 is 5.32 Å². The van der Waals surface area contributed by atoms with Gasteiger partial charge in [-0.1, -0.05) is 19.9 Å². The van der Waals surface area contributed by atoms with Gasteiger partial charge in [0, 0.05) is 6.92 Å². The van der Waals surface area contributed by atoms with Gasteiger partial charge in [0.2, 0.25) is 11.8 Å². The topological polar surface area (TPSA) is 66.5 Å². The van der Waals surface area contributed by atoms with Gasteiger partial charge in [0.05, 0.1) is 0 Å². The van der Waals surface area contributed by atoms with Crippen molar-refractivity contribution in [1.29, 1.82) is 0 Å². The number of carbonyl (C=O) groups is 3. The van der Waals surface area contributed by atoms with Crippen molar-refractivity contribution >= 4 is 17.7 Å². The first-order valence-electron chi connectivity index (χ1n) is 4.76. The second kappa shape index (κ2) is 4.25. The van der Waals surface area contributed by atoms with E-state index < -0.39 is 11.8 Å². The molecular formula is C10H14N2O3. The van der Waals surface area contributed by atoms with Gasteiger partial charge in [0.15, 0.2) is 0 Å². The minimum atomic E-state index is -0.434. The van der Waals surface area contributed by atoms with E-state index in [1.54, 1.807) is 6.08 Å². The zero-order valence-corrected chi connectivity index (χ0v) is 9.03. The van der Waals surface area contributed by atoms with Crippen molar-refractivity contribution in [3.8, 4) is 0 Å². The first kappa shape index (κ1) is 11.4. The lowest BCUT2D eigenvalue weighted by molar-refractivity contribution is -0.147. The molecule has 1 rings (SSSR count). The second-order valence-corrected chi connectivity index (χ2v) is 3.78. The van der Waals surface area contributed by atoms with Crippen molar-refractivity contribution in [2.45, 2.75) is 20.8 Å². The number of nitrogens with zero attached hydrogens (tertiary/aromatic N) is 1. The number of rotatable bonds is 1. The van der Waals surface area contributed by atoms with Gasteiger partial charge >= 0.3 is 0 Å². The molecule has 0 aliphatic carbocycles. The molecule has 0 bridgehead atoms. The predicted octanol–water partition coefficient (Wildman–Crippen LogP) is 0.0312. The standard InChI is InChI=1S/C10H14N2O3/c1-6(2)4-8-10(15)12(7(3)13)5-9(14)11-8/h4,6H,5H2,1-3H3,(H,11,14)/b8-4-. The highest BCUT2D eigenvalue weighted by atomic mass is 16.2. The number of imide groups is 1. The Hall–Kier alpha value is -1.65. The second-order valence-electron chi connectivity index (χ2n) is 3.78. The largest absolute Gasteiger partial charge is 0.320 e. The maximum Gasteiger partial charge on any atom is 0.277 e. The van der Waals surface area contributed by atoms with Crippen molar-refractivity contribution in [1.82, 2.24) is 10.2 Å². The normalized spacial score (nSPS) is 19.7. The quantitative estimate of drug-likeness (QED) is 0.621. The minimum Gasteiger partial charge on any atom is -0.320 e. The fourth-order valence-corrected chi connectivity index (χ4v) is 1.30. The van der Waals surface area contributed by atoms with Gasteiger partial charge in [-0.3, -0.25) is 19.3 Å². The third-order valence-corrected chi connectivity index (χ3v) is 1.93. The number of hydrogen-bond acceptors (Lipinski definition) is 3. The summed E-state index contributed by atoms with van der Waals surface area (Å²) in [6.07, 6.45) is 1.63. The van der Waals surface area contributed by atoms with E-state index in [2.05, 4.69) is 5.32 Å². The molecule has 0 aromatic heterocycles. The first-order chi connectivity index (χ1) is 6.91. The van der Waals surface area contributed by atoms with E-state index in [0.717, 1.165) is 4.90 Å². The van der Waals surface area contributed by atoms with Crippen LogP contribution in [0.1, 0.15) is 20.8 Å². The summed E-state index contributed by atoms with van der Waals surface area (Å²) in [6, 6.07) is 0. The zero-order chi connectivity index (χ0) is 11.6. The molecule has 1 aliphatic heterocycles. The number of amides is 3. The fourth-order valence-electron chi connectivity index (χ4n) is 1.30. The molecule has 0 saturated carbocycles. The summed E-state index contributed by atoms with van der Waals surface area (Å²) in [7, 11) is 0. The number of hydrogen-bond donors (Lipinski definition) is 1. The van der Waals surface area contributed by atoms with E-state index in [0.29, 0.717) is 0 Å². The van der Waals surface area contributed by atoms with Crippen molar-refractivity contribution in [2.24, 2.45) is 5.92 Å². The van der Waals surface area contributed by atoms with Crippen LogP contribution in [0.5, 0.6) is 0 Å². The molecule has 0 aromatic carbocycles. The van der Waals surface area contributed by atoms with E-state index in [1.165, 1.54) is 6.92 Å².